The summed E-state index contributed by atoms with van der Waals surface area (Å²) >= 11 is 1.34. The van der Waals surface area contributed by atoms with Gasteiger partial charge in [-0.25, -0.2) is 4.98 Å². The maximum atomic E-state index is 12.6. The number of anilines is 1. The third-order valence-corrected chi connectivity index (χ3v) is 4.49. The van der Waals surface area contributed by atoms with Crippen LogP contribution >= 0.6 is 11.3 Å². The first-order valence-electron chi connectivity index (χ1n) is 7.78. The SMILES string of the molecule is NC(=O)CC(C(=O)Nc1nc(-c2ccccc2)cs1)c1ccccc1. The number of nitrogens with one attached hydrogen (secondary N) is 1. The van der Waals surface area contributed by atoms with Crippen molar-refractivity contribution in [3.8, 4) is 11.3 Å². The maximum Gasteiger partial charge on any atom is 0.234 e. The van der Waals surface area contributed by atoms with Crippen molar-refractivity contribution in [2.24, 2.45) is 5.73 Å². The highest BCUT2D eigenvalue weighted by molar-refractivity contribution is 7.14. The van der Waals surface area contributed by atoms with E-state index in [1.807, 2.05) is 66.0 Å². The molecule has 1 unspecified atom stereocenters. The number of benzene rings is 2. The van der Waals surface area contributed by atoms with Gasteiger partial charge in [0, 0.05) is 17.4 Å². The van der Waals surface area contributed by atoms with E-state index >= 15 is 0 Å². The van der Waals surface area contributed by atoms with Gasteiger partial charge >= 0.3 is 0 Å². The van der Waals surface area contributed by atoms with Gasteiger partial charge in [-0.2, -0.15) is 0 Å². The highest BCUT2D eigenvalue weighted by Crippen LogP contribution is 2.27. The lowest BCUT2D eigenvalue weighted by atomic mass is 9.94. The Balaban J connectivity index is 1.78. The molecule has 126 valence electrons. The van der Waals surface area contributed by atoms with Gasteiger partial charge in [0.25, 0.3) is 0 Å². The fourth-order valence-electron chi connectivity index (χ4n) is 2.51. The van der Waals surface area contributed by atoms with Crippen molar-refractivity contribution in [1.29, 1.82) is 0 Å². The van der Waals surface area contributed by atoms with Crippen LogP contribution in [0, 0.1) is 0 Å². The normalized spacial score (nSPS) is 11.7. The molecule has 6 heteroatoms. The average Bonchev–Trinajstić information content (AvgIpc) is 3.09. The Morgan fingerprint density at radius 2 is 1.68 bits per heavy atom. The summed E-state index contributed by atoms with van der Waals surface area (Å²) in [5.74, 6) is -1.45. The van der Waals surface area contributed by atoms with Gasteiger partial charge in [-0.15, -0.1) is 11.3 Å². The van der Waals surface area contributed by atoms with E-state index in [4.69, 9.17) is 5.73 Å². The van der Waals surface area contributed by atoms with E-state index in [1.165, 1.54) is 11.3 Å². The summed E-state index contributed by atoms with van der Waals surface area (Å²) in [6.45, 7) is 0. The summed E-state index contributed by atoms with van der Waals surface area (Å²) in [5.41, 5.74) is 7.84. The maximum absolute atomic E-state index is 12.6. The molecule has 0 aliphatic carbocycles. The van der Waals surface area contributed by atoms with E-state index in [2.05, 4.69) is 10.3 Å². The number of aromatic nitrogens is 1. The first-order chi connectivity index (χ1) is 12.1. The summed E-state index contributed by atoms with van der Waals surface area (Å²) in [5, 5.41) is 5.18. The molecule has 3 aromatic rings. The van der Waals surface area contributed by atoms with E-state index in [9.17, 15) is 9.59 Å². The van der Waals surface area contributed by atoms with Crippen LogP contribution in [-0.4, -0.2) is 16.8 Å². The number of carbonyl (C=O) groups is 2. The van der Waals surface area contributed by atoms with Crippen molar-refractivity contribution in [1.82, 2.24) is 4.98 Å². The molecule has 0 fully saturated rings. The topological polar surface area (TPSA) is 85.1 Å². The summed E-state index contributed by atoms with van der Waals surface area (Å²) in [7, 11) is 0. The fourth-order valence-corrected chi connectivity index (χ4v) is 3.24. The minimum absolute atomic E-state index is 0.0488. The molecule has 0 bridgehead atoms. The molecule has 1 atom stereocenters. The van der Waals surface area contributed by atoms with Crippen LogP contribution in [0.1, 0.15) is 17.9 Å². The standard InChI is InChI=1S/C19H17N3O2S/c20-17(23)11-15(13-7-3-1-4-8-13)18(24)22-19-21-16(12-25-19)14-9-5-2-6-10-14/h1-10,12,15H,11H2,(H2,20,23)(H,21,22,24). The van der Waals surface area contributed by atoms with Gasteiger partial charge in [-0.3, -0.25) is 9.59 Å². The Hall–Kier alpha value is -2.99. The van der Waals surface area contributed by atoms with Crippen molar-refractivity contribution < 1.29 is 9.59 Å². The van der Waals surface area contributed by atoms with Crippen LogP contribution in [0.5, 0.6) is 0 Å². The van der Waals surface area contributed by atoms with Gasteiger partial charge < -0.3 is 11.1 Å². The Bertz CT molecular complexity index is 863. The van der Waals surface area contributed by atoms with Crippen LogP contribution in [0.4, 0.5) is 5.13 Å². The second kappa shape index (κ2) is 7.72. The molecule has 25 heavy (non-hydrogen) atoms. The van der Waals surface area contributed by atoms with E-state index in [1.54, 1.807) is 0 Å². The second-order valence-electron chi connectivity index (χ2n) is 5.53. The number of thiazole rings is 1. The number of nitrogens with two attached hydrogens (primary N) is 1. The molecule has 0 saturated heterocycles. The van der Waals surface area contributed by atoms with Crippen LogP contribution in [0.3, 0.4) is 0 Å². The zero-order chi connectivity index (χ0) is 17.6. The average molecular weight is 351 g/mol. The zero-order valence-corrected chi connectivity index (χ0v) is 14.2. The molecule has 3 N–H and O–H groups in total. The zero-order valence-electron chi connectivity index (χ0n) is 13.4. The van der Waals surface area contributed by atoms with Gasteiger partial charge in [-0.05, 0) is 5.56 Å². The van der Waals surface area contributed by atoms with Crippen molar-refractivity contribution in [2.75, 3.05) is 5.32 Å². The Morgan fingerprint density at radius 1 is 1.04 bits per heavy atom. The minimum atomic E-state index is -0.636. The molecular formula is C19H17N3O2S. The number of carbonyl (C=O) groups excluding carboxylic acids is 2. The summed E-state index contributed by atoms with van der Waals surface area (Å²) in [4.78, 5) is 28.4. The van der Waals surface area contributed by atoms with Crippen molar-refractivity contribution in [3.63, 3.8) is 0 Å². The molecule has 0 spiro atoms. The van der Waals surface area contributed by atoms with Crippen LogP contribution < -0.4 is 11.1 Å². The van der Waals surface area contributed by atoms with E-state index in [-0.39, 0.29) is 12.3 Å². The van der Waals surface area contributed by atoms with Crippen LogP contribution in [0.25, 0.3) is 11.3 Å². The summed E-state index contributed by atoms with van der Waals surface area (Å²) in [6, 6.07) is 18.9. The predicted molar refractivity (Wildman–Crippen MR) is 99.2 cm³/mol. The van der Waals surface area contributed by atoms with Gasteiger partial charge in [0.05, 0.1) is 11.6 Å². The van der Waals surface area contributed by atoms with E-state index in [0.29, 0.717) is 5.13 Å². The van der Waals surface area contributed by atoms with Gasteiger partial charge in [0.2, 0.25) is 11.8 Å². The molecule has 0 aliphatic heterocycles. The lowest BCUT2D eigenvalue weighted by Crippen LogP contribution is -2.26. The number of rotatable bonds is 6. The smallest absolute Gasteiger partial charge is 0.234 e. The fraction of sp³-hybridized carbons (Fsp3) is 0.105. The number of hydrogen-bond acceptors (Lipinski definition) is 4. The lowest BCUT2D eigenvalue weighted by Gasteiger charge is -2.14. The van der Waals surface area contributed by atoms with Crippen LogP contribution in [-0.2, 0) is 9.59 Å². The summed E-state index contributed by atoms with van der Waals surface area (Å²) in [6.07, 6.45) is -0.0488. The van der Waals surface area contributed by atoms with Crippen LogP contribution in [0.2, 0.25) is 0 Å². The first kappa shape index (κ1) is 16.9. The number of primary amides is 1. The number of nitrogens with zero attached hydrogens (tertiary/aromatic N) is 1. The largest absolute Gasteiger partial charge is 0.370 e. The molecule has 0 saturated carbocycles. The monoisotopic (exact) mass is 351 g/mol. The molecule has 3 rings (SSSR count). The number of hydrogen-bond donors (Lipinski definition) is 2. The molecule has 5 nitrogen and oxygen atoms in total. The molecular weight excluding hydrogens is 334 g/mol. The third-order valence-electron chi connectivity index (χ3n) is 3.73. The van der Waals surface area contributed by atoms with Crippen molar-refractivity contribution in [2.45, 2.75) is 12.3 Å². The van der Waals surface area contributed by atoms with Crippen molar-refractivity contribution in [3.05, 3.63) is 71.6 Å². The molecule has 0 aliphatic rings. The summed E-state index contributed by atoms with van der Waals surface area (Å²) < 4.78 is 0. The lowest BCUT2D eigenvalue weighted by molar-refractivity contribution is -0.123. The van der Waals surface area contributed by atoms with Gasteiger partial charge in [0.1, 0.15) is 0 Å². The third kappa shape index (κ3) is 4.30. The van der Waals surface area contributed by atoms with E-state index in [0.717, 1.165) is 16.8 Å². The van der Waals surface area contributed by atoms with Gasteiger partial charge in [-0.1, -0.05) is 60.7 Å². The van der Waals surface area contributed by atoms with E-state index < -0.39 is 11.8 Å². The van der Waals surface area contributed by atoms with Gasteiger partial charge in [0.15, 0.2) is 5.13 Å². The van der Waals surface area contributed by atoms with Crippen molar-refractivity contribution >= 4 is 28.3 Å². The Labute approximate surface area is 149 Å². The molecule has 1 heterocycles. The molecule has 2 amide bonds. The minimum Gasteiger partial charge on any atom is -0.370 e. The quantitative estimate of drug-likeness (QED) is 0.714. The highest BCUT2D eigenvalue weighted by atomic mass is 32.1. The van der Waals surface area contributed by atoms with Crippen LogP contribution in [0.15, 0.2) is 66.0 Å². The number of amides is 2. The highest BCUT2D eigenvalue weighted by Gasteiger charge is 2.23. The molecule has 0 radical (unpaired) electrons. The Morgan fingerprint density at radius 3 is 2.32 bits per heavy atom. The second-order valence-corrected chi connectivity index (χ2v) is 6.38. The molecule has 2 aromatic carbocycles. The molecule has 1 aromatic heterocycles. The Kier molecular flexibility index (Phi) is 5.20. The predicted octanol–water partition coefficient (Wildman–Crippen LogP) is 3.41. The first-order valence-corrected chi connectivity index (χ1v) is 8.66.